The predicted molar refractivity (Wildman–Crippen MR) is 127 cm³/mol. The third-order valence-corrected chi connectivity index (χ3v) is 5.87. The molecule has 170 valence electrons. The number of carbonyl (C=O) groups is 1. The molecule has 0 saturated heterocycles. The van der Waals surface area contributed by atoms with Crippen molar-refractivity contribution in [3.05, 3.63) is 57.1 Å². The molecule has 3 aromatic heterocycles. The molecule has 0 aliphatic carbocycles. The summed E-state index contributed by atoms with van der Waals surface area (Å²) < 4.78 is 1.71. The molecule has 0 radical (unpaired) electrons. The highest BCUT2D eigenvalue weighted by atomic mass is 32.1. The van der Waals surface area contributed by atoms with E-state index in [1.165, 1.54) is 23.5 Å². The maximum absolute atomic E-state index is 12.4. The van der Waals surface area contributed by atoms with Gasteiger partial charge in [0, 0.05) is 35.5 Å². The number of rotatable bonds is 6. The number of urea groups is 1. The molecule has 33 heavy (non-hydrogen) atoms. The van der Waals surface area contributed by atoms with Crippen LogP contribution in [-0.4, -0.2) is 30.7 Å². The Morgan fingerprint density at radius 1 is 1.21 bits per heavy atom. The van der Waals surface area contributed by atoms with E-state index >= 15 is 0 Å². The summed E-state index contributed by atoms with van der Waals surface area (Å²) in [5.74, 6) is 1.06. The molecule has 2 amide bonds. The third-order valence-electron chi connectivity index (χ3n) is 4.98. The number of hydrogen-bond donors (Lipinski definition) is 3. The quantitative estimate of drug-likeness (QED) is 0.279. The molecule has 0 bridgehead atoms. The fourth-order valence-corrected chi connectivity index (χ4v) is 4.23. The van der Waals surface area contributed by atoms with Gasteiger partial charge in [-0.1, -0.05) is 26.0 Å². The van der Waals surface area contributed by atoms with Crippen molar-refractivity contribution in [1.82, 2.24) is 25.2 Å². The number of thiazole rings is 1. The van der Waals surface area contributed by atoms with Gasteiger partial charge in [-0.25, -0.2) is 20.2 Å². The molecule has 0 aliphatic heterocycles. The third kappa shape index (κ3) is 4.60. The molecule has 4 rings (SSSR count). The zero-order valence-corrected chi connectivity index (χ0v) is 19.2. The first-order valence-electron chi connectivity index (χ1n) is 10.1. The van der Waals surface area contributed by atoms with Crippen molar-refractivity contribution >= 4 is 45.7 Å². The lowest BCUT2D eigenvalue weighted by Gasteiger charge is -2.13. The molecular weight excluding hydrogens is 444 g/mol. The van der Waals surface area contributed by atoms with Gasteiger partial charge < -0.3 is 0 Å². The van der Waals surface area contributed by atoms with Gasteiger partial charge in [0.1, 0.15) is 16.6 Å². The minimum Gasteiger partial charge on any atom is -0.290 e. The second kappa shape index (κ2) is 8.82. The normalized spacial score (nSPS) is 11.1. The second-order valence-corrected chi connectivity index (χ2v) is 8.57. The van der Waals surface area contributed by atoms with E-state index in [1.54, 1.807) is 22.2 Å². The Morgan fingerprint density at radius 3 is 2.73 bits per heavy atom. The van der Waals surface area contributed by atoms with Crippen LogP contribution in [-0.2, 0) is 7.05 Å². The zero-order chi connectivity index (χ0) is 23.7. The summed E-state index contributed by atoms with van der Waals surface area (Å²) >= 11 is 1.27. The van der Waals surface area contributed by atoms with Crippen LogP contribution in [0.15, 0.2) is 35.7 Å². The fraction of sp³-hybridized carbons (Fsp3) is 0.238. The number of nitro groups is 1. The smallest absolute Gasteiger partial charge is 0.290 e. The average Bonchev–Trinajstić information content (AvgIpc) is 3.36. The molecule has 1 aromatic carbocycles. The molecule has 0 unspecified atom stereocenters. The fourth-order valence-electron chi connectivity index (χ4n) is 3.48. The van der Waals surface area contributed by atoms with Crippen molar-refractivity contribution in [3.8, 4) is 10.6 Å². The van der Waals surface area contributed by atoms with E-state index in [9.17, 15) is 14.9 Å². The van der Waals surface area contributed by atoms with Crippen LogP contribution < -0.4 is 16.2 Å². The Kier molecular flexibility index (Phi) is 5.92. The molecule has 11 nitrogen and oxygen atoms in total. The van der Waals surface area contributed by atoms with Gasteiger partial charge in [-0.05, 0) is 24.5 Å². The van der Waals surface area contributed by atoms with E-state index in [1.807, 2.05) is 20.0 Å². The van der Waals surface area contributed by atoms with E-state index in [4.69, 9.17) is 0 Å². The number of aromatic nitrogens is 4. The van der Waals surface area contributed by atoms with Crippen LogP contribution in [0.25, 0.3) is 21.6 Å². The van der Waals surface area contributed by atoms with Crippen LogP contribution in [0.1, 0.15) is 31.0 Å². The first-order valence-corrected chi connectivity index (χ1v) is 11.0. The lowest BCUT2D eigenvalue weighted by Crippen LogP contribution is -2.34. The molecule has 12 heteroatoms. The van der Waals surface area contributed by atoms with Crippen LogP contribution in [0.3, 0.4) is 0 Å². The van der Waals surface area contributed by atoms with Crippen LogP contribution in [0, 0.1) is 17.0 Å². The number of hydrogen-bond acceptors (Lipinski definition) is 8. The van der Waals surface area contributed by atoms with Crippen molar-refractivity contribution in [3.63, 3.8) is 0 Å². The standard InChI is InChI=1S/C21H22N8O3S/c1-11(2)15-9-16(22-19-18(15)12(3)27-28(19)4)25-26-21(30)24-17-10-33-20(23-17)13-6-5-7-14(8-13)29(31)32/h5-11H,1-4H3,(H,22,25)(H2,24,26,30). The highest BCUT2D eigenvalue weighted by Gasteiger charge is 2.16. The lowest BCUT2D eigenvalue weighted by atomic mass is 10.00. The Labute approximate surface area is 193 Å². The molecular formula is C21H22N8O3S. The summed E-state index contributed by atoms with van der Waals surface area (Å²) in [5.41, 5.74) is 8.69. The van der Waals surface area contributed by atoms with E-state index in [2.05, 4.69) is 45.1 Å². The minimum atomic E-state index is -0.528. The van der Waals surface area contributed by atoms with Crippen LogP contribution in [0.2, 0.25) is 0 Å². The molecule has 0 aliphatic rings. The number of aryl methyl sites for hydroxylation is 2. The number of nitro benzene ring substituents is 1. The van der Waals surface area contributed by atoms with Gasteiger partial charge >= 0.3 is 6.03 Å². The van der Waals surface area contributed by atoms with Crippen molar-refractivity contribution in [2.24, 2.45) is 7.05 Å². The van der Waals surface area contributed by atoms with Gasteiger partial charge in [0.05, 0.1) is 10.6 Å². The summed E-state index contributed by atoms with van der Waals surface area (Å²) in [7, 11) is 1.83. The number of hydrazine groups is 1. The highest BCUT2D eigenvalue weighted by molar-refractivity contribution is 7.13. The Morgan fingerprint density at radius 2 is 2.00 bits per heavy atom. The van der Waals surface area contributed by atoms with Gasteiger partial charge in [-0.15, -0.1) is 11.3 Å². The monoisotopic (exact) mass is 466 g/mol. The Bertz CT molecular complexity index is 1360. The zero-order valence-electron chi connectivity index (χ0n) is 18.4. The topological polar surface area (TPSA) is 140 Å². The van der Waals surface area contributed by atoms with Crippen LogP contribution >= 0.6 is 11.3 Å². The van der Waals surface area contributed by atoms with Gasteiger partial charge in [0.2, 0.25) is 0 Å². The van der Waals surface area contributed by atoms with E-state index in [0.29, 0.717) is 22.2 Å². The number of pyridine rings is 1. The number of nitrogens with zero attached hydrogens (tertiary/aromatic N) is 5. The van der Waals surface area contributed by atoms with Crippen molar-refractivity contribution < 1.29 is 9.72 Å². The summed E-state index contributed by atoms with van der Waals surface area (Å²) in [6.45, 7) is 6.13. The van der Waals surface area contributed by atoms with Gasteiger partial charge in [-0.3, -0.25) is 25.5 Å². The van der Waals surface area contributed by atoms with Crippen molar-refractivity contribution in [2.75, 3.05) is 10.7 Å². The number of anilines is 2. The molecule has 3 heterocycles. The largest absolute Gasteiger partial charge is 0.339 e. The molecule has 3 N–H and O–H groups in total. The maximum Gasteiger partial charge on any atom is 0.339 e. The average molecular weight is 467 g/mol. The van der Waals surface area contributed by atoms with E-state index in [0.717, 1.165) is 22.3 Å². The number of nitrogens with one attached hydrogen (secondary N) is 3. The summed E-state index contributed by atoms with van der Waals surface area (Å²) in [4.78, 5) is 31.8. The van der Waals surface area contributed by atoms with Crippen molar-refractivity contribution in [2.45, 2.75) is 26.7 Å². The number of non-ortho nitro benzene ring substituents is 1. The molecule has 0 atom stereocenters. The first kappa shape index (κ1) is 22.1. The predicted octanol–water partition coefficient (Wildman–Crippen LogP) is 4.58. The van der Waals surface area contributed by atoms with Crippen LogP contribution in [0.4, 0.5) is 22.1 Å². The van der Waals surface area contributed by atoms with Crippen molar-refractivity contribution in [1.29, 1.82) is 0 Å². The van der Waals surface area contributed by atoms with E-state index < -0.39 is 11.0 Å². The maximum atomic E-state index is 12.4. The molecule has 4 aromatic rings. The molecule has 0 fully saturated rings. The highest BCUT2D eigenvalue weighted by Crippen LogP contribution is 2.30. The minimum absolute atomic E-state index is 0.0204. The van der Waals surface area contributed by atoms with Gasteiger partial charge in [0.25, 0.3) is 5.69 Å². The number of fused-ring (bicyclic) bond motifs is 1. The van der Waals surface area contributed by atoms with Crippen LogP contribution in [0.5, 0.6) is 0 Å². The molecule has 0 spiro atoms. The van der Waals surface area contributed by atoms with Gasteiger partial charge in [0.15, 0.2) is 5.65 Å². The number of carbonyl (C=O) groups excluding carboxylic acids is 1. The second-order valence-electron chi connectivity index (χ2n) is 7.71. The summed E-state index contributed by atoms with van der Waals surface area (Å²) in [6.07, 6.45) is 0. The first-order chi connectivity index (χ1) is 15.7. The van der Waals surface area contributed by atoms with Gasteiger partial charge in [-0.2, -0.15) is 5.10 Å². The Hall–Kier alpha value is -4.06. The number of amides is 2. The Balaban J connectivity index is 1.45. The summed E-state index contributed by atoms with van der Waals surface area (Å²) in [6, 6.07) is 7.55. The summed E-state index contributed by atoms with van der Waals surface area (Å²) in [5, 5.41) is 21.3. The lowest BCUT2D eigenvalue weighted by molar-refractivity contribution is -0.384. The molecule has 0 saturated carbocycles. The van der Waals surface area contributed by atoms with E-state index in [-0.39, 0.29) is 11.6 Å². The SMILES string of the molecule is Cc1nn(C)c2nc(NNC(=O)Nc3csc(-c4cccc([N+](=O)[O-])c4)n3)cc(C(C)C)c12. The number of benzene rings is 1.